The summed E-state index contributed by atoms with van der Waals surface area (Å²) in [5.74, 6) is 0.664. The van der Waals surface area contributed by atoms with Crippen LogP contribution in [-0.2, 0) is 20.9 Å². The largest absolute Gasteiger partial charge is 0.436 e. The van der Waals surface area contributed by atoms with Gasteiger partial charge in [-0.05, 0) is 54.4 Å². The summed E-state index contributed by atoms with van der Waals surface area (Å²) in [5.41, 5.74) is 1.32. The van der Waals surface area contributed by atoms with Crippen molar-refractivity contribution in [2.75, 3.05) is 25.1 Å². The Morgan fingerprint density at radius 1 is 1.14 bits per heavy atom. The summed E-state index contributed by atoms with van der Waals surface area (Å²) in [4.78, 5) is 36.7. The van der Waals surface area contributed by atoms with Gasteiger partial charge < -0.3 is 24.6 Å². The predicted octanol–water partition coefficient (Wildman–Crippen LogP) is 3.24. The maximum atomic E-state index is 13.5. The van der Waals surface area contributed by atoms with Crippen LogP contribution in [0.1, 0.15) is 18.5 Å². The topological polar surface area (TPSA) is 131 Å². The standard InChI is InChI=1S/C25H25ClN6O5/c26-17-1-2-19(27-13-17)15-32-24(34)21(30-23(33)16-7-10-35-11-8-16)14-28-25(32)29-18-3-5-20(6-4-18)37-22-9-12-36-31-22/h1-6,9,12-13,16,21H,7-8,10-11,14-15H2,(H,28,29)(H,30,33). The Kier molecular flexibility index (Phi) is 7.62. The number of pyridine rings is 1. The lowest BCUT2D eigenvalue weighted by Gasteiger charge is -2.33. The van der Waals surface area contributed by atoms with Gasteiger partial charge in [-0.2, -0.15) is 0 Å². The fraction of sp³-hybridized carbons (Fsp3) is 0.320. The average Bonchev–Trinajstić information content (AvgIpc) is 3.43. The number of nitrogens with one attached hydrogen (secondary N) is 2. The molecule has 0 spiro atoms. The van der Waals surface area contributed by atoms with Crippen LogP contribution in [0.2, 0.25) is 5.02 Å². The molecule has 5 rings (SSSR count). The van der Waals surface area contributed by atoms with Crippen molar-refractivity contribution in [1.82, 2.24) is 20.4 Å². The van der Waals surface area contributed by atoms with E-state index in [1.165, 1.54) is 17.4 Å². The van der Waals surface area contributed by atoms with Gasteiger partial charge in [-0.15, -0.1) is 0 Å². The van der Waals surface area contributed by atoms with Crippen molar-refractivity contribution in [3.63, 3.8) is 0 Å². The number of hydrogen-bond donors (Lipinski definition) is 2. The molecule has 2 amide bonds. The Bertz CT molecular complexity index is 1240. The van der Waals surface area contributed by atoms with Gasteiger partial charge in [-0.3, -0.25) is 19.5 Å². The fourth-order valence-corrected chi connectivity index (χ4v) is 4.13. The van der Waals surface area contributed by atoms with Crippen molar-refractivity contribution in [3.05, 3.63) is 65.6 Å². The van der Waals surface area contributed by atoms with Gasteiger partial charge in [0, 0.05) is 37.1 Å². The van der Waals surface area contributed by atoms with Crippen LogP contribution >= 0.6 is 11.6 Å². The molecule has 2 aliphatic heterocycles. The van der Waals surface area contributed by atoms with Gasteiger partial charge in [0.15, 0.2) is 0 Å². The van der Waals surface area contributed by atoms with Crippen molar-refractivity contribution in [2.45, 2.75) is 25.4 Å². The summed E-state index contributed by atoms with van der Waals surface area (Å²) in [6, 6.07) is 11.4. The Balaban J connectivity index is 1.31. The lowest BCUT2D eigenvalue weighted by molar-refractivity contribution is -0.136. The molecule has 11 nitrogen and oxygen atoms in total. The smallest absolute Gasteiger partial charge is 0.259 e. The molecule has 3 aromatic rings. The number of carbonyl (C=O) groups excluding carboxylic acids is 2. The Hall–Kier alpha value is -3.96. The fourth-order valence-electron chi connectivity index (χ4n) is 4.02. The van der Waals surface area contributed by atoms with Gasteiger partial charge in [0.2, 0.25) is 11.9 Å². The number of benzene rings is 1. The molecule has 1 unspecified atom stereocenters. The van der Waals surface area contributed by atoms with Crippen molar-refractivity contribution < 1.29 is 23.6 Å². The third kappa shape index (κ3) is 6.25. The number of aliphatic imine (C=N–C) groups is 1. The molecule has 4 heterocycles. The van der Waals surface area contributed by atoms with E-state index in [0.717, 1.165) is 0 Å². The first-order valence-corrected chi connectivity index (χ1v) is 12.2. The Labute approximate surface area is 217 Å². The van der Waals surface area contributed by atoms with Crippen LogP contribution in [0.4, 0.5) is 5.69 Å². The first-order chi connectivity index (χ1) is 18.0. The number of carbonyl (C=O) groups is 2. The third-order valence-corrected chi connectivity index (χ3v) is 6.23. The second kappa shape index (κ2) is 11.4. The second-order valence-corrected chi connectivity index (χ2v) is 9.03. The van der Waals surface area contributed by atoms with Crippen LogP contribution in [0, 0.1) is 5.92 Å². The molecule has 12 heteroatoms. The van der Waals surface area contributed by atoms with E-state index in [2.05, 4.69) is 25.8 Å². The molecular weight excluding hydrogens is 500 g/mol. The number of hydrogen-bond acceptors (Lipinski definition) is 9. The minimum absolute atomic E-state index is 0.119. The molecule has 1 aromatic carbocycles. The Morgan fingerprint density at radius 3 is 2.65 bits per heavy atom. The molecule has 1 saturated heterocycles. The second-order valence-electron chi connectivity index (χ2n) is 8.59. The highest BCUT2D eigenvalue weighted by Gasteiger charge is 2.35. The van der Waals surface area contributed by atoms with Gasteiger partial charge in [0.05, 0.1) is 23.8 Å². The highest BCUT2D eigenvalue weighted by molar-refractivity contribution is 6.30. The normalized spacial score (nSPS) is 18.3. The monoisotopic (exact) mass is 524 g/mol. The van der Waals surface area contributed by atoms with E-state index < -0.39 is 6.04 Å². The van der Waals surface area contributed by atoms with Gasteiger partial charge in [-0.1, -0.05) is 11.6 Å². The van der Waals surface area contributed by atoms with Crippen LogP contribution in [-0.4, -0.2) is 58.6 Å². The Morgan fingerprint density at radius 2 is 1.95 bits per heavy atom. The zero-order valence-electron chi connectivity index (χ0n) is 19.8. The van der Waals surface area contributed by atoms with Gasteiger partial charge in [0.1, 0.15) is 18.1 Å². The van der Waals surface area contributed by atoms with E-state index in [4.69, 9.17) is 25.6 Å². The highest BCUT2D eigenvalue weighted by Crippen LogP contribution is 2.23. The van der Waals surface area contributed by atoms with Crippen LogP contribution in [0.5, 0.6) is 11.6 Å². The quantitative estimate of drug-likeness (QED) is 0.481. The summed E-state index contributed by atoms with van der Waals surface area (Å²) >= 11 is 5.98. The maximum absolute atomic E-state index is 13.5. The predicted molar refractivity (Wildman–Crippen MR) is 134 cm³/mol. The first kappa shape index (κ1) is 24.7. The molecule has 0 saturated carbocycles. The van der Waals surface area contributed by atoms with Crippen molar-refractivity contribution in [3.8, 4) is 11.6 Å². The molecule has 37 heavy (non-hydrogen) atoms. The van der Waals surface area contributed by atoms with Crippen molar-refractivity contribution in [1.29, 1.82) is 0 Å². The molecule has 0 aliphatic carbocycles. The molecule has 2 N–H and O–H groups in total. The first-order valence-electron chi connectivity index (χ1n) is 11.8. The zero-order chi connectivity index (χ0) is 25.6. The number of rotatable bonds is 7. The van der Waals surface area contributed by atoms with E-state index in [0.29, 0.717) is 60.0 Å². The number of ether oxygens (including phenoxy) is 2. The number of anilines is 1. The number of guanidine groups is 1. The summed E-state index contributed by atoms with van der Waals surface area (Å²) in [6.45, 7) is 1.35. The SMILES string of the molecule is O=C(NC1CN=C(Nc2ccc(Oc3ccon3)cc2)N(Cc2ccc(Cl)cn2)C1=O)C1CCOCC1. The number of amides is 2. The lowest BCUT2D eigenvalue weighted by Crippen LogP contribution is -2.57. The summed E-state index contributed by atoms with van der Waals surface area (Å²) in [6.07, 6.45) is 4.22. The molecule has 0 radical (unpaired) electrons. The molecule has 2 aromatic heterocycles. The van der Waals surface area contributed by atoms with Gasteiger partial charge in [-0.25, -0.2) is 4.99 Å². The molecule has 192 valence electrons. The maximum Gasteiger partial charge on any atom is 0.259 e. The van der Waals surface area contributed by atoms with Crippen LogP contribution in [0.25, 0.3) is 0 Å². The lowest BCUT2D eigenvalue weighted by atomic mass is 9.99. The minimum atomic E-state index is -0.772. The van der Waals surface area contributed by atoms with Crippen LogP contribution in [0.15, 0.2) is 64.4 Å². The third-order valence-electron chi connectivity index (χ3n) is 6.01. The van der Waals surface area contributed by atoms with E-state index in [9.17, 15) is 9.59 Å². The van der Waals surface area contributed by atoms with Gasteiger partial charge in [0.25, 0.3) is 11.8 Å². The molecular formula is C25H25ClN6O5. The number of nitrogens with zero attached hydrogens (tertiary/aromatic N) is 4. The van der Waals surface area contributed by atoms with E-state index in [1.54, 1.807) is 42.5 Å². The summed E-state index contributed by atoms with van der Waals surface area (Å²) in [7, 11) is 0. The number of halogens is 1. The number of aromatic nitrogens is 2. The van der Waals surface area contributed by atoms with Crippen molar-refractivity contribution in [2.24, 2.45) is 10.9 Å². The van der Waals surface area contributed by atoms with Gasteiger partial charge >= 0.3 is 0 Å². The van der Waals surface area contributed by atoms with E-state index >= 15 is 0 Å². The molecule has 1 atom stereocenters. The average molecular weight is 525 g/mol. The molecule has 2 aliphatic rings. The summed E-state index contributed by atoms with van der Waals surface area (Å²) < 4.78 is 15.7. The highest BCUT2D eigenvalue weighted by atomic mass is 35.5. The molecule has 1 fully saturated rings. The zero-order valence-corrected chi connectivity index (χ0v) is 20.6. The van der Waals surface area contributed by atoms with E-state index in [-0.39, 0.29) is 30.8 Å². The van der Waals surface area contributed by atoms with E-state index in [1.807, 2.05) is 0 Å². The van der Waals surface area contributed by atoms with Crippen LogP contribution < -0.4 is 15.4 Å². The van der Waals surface area contributed by atoms with Crippen LogP contribution in [0.3, 0.4) is 0 Å². The van der Waals surface area contributed by atoms with Crippen molar-refractivity contribution >= 4 is 35.1 Å². The minimum Gasteiger partial charge on any atom is -0.436 e. The summed E-state index contributed by atoms with van der Waals surface area (Å²) in [5, 5.41) is 10.3. The molecule has 0 bridgehead atoms.